The molecule has 0 aromatic heterocycles. The van der Waals surface area contributed by atoms with E-state index in [0.717, 1.165) is 16.9 Å². The van der Waals surface area contributed by atoms with Crippen molar-refractivity contribution < 1.29 is 33.0 Å². The molecule has 2 fully saturated rings. The lowest BCUT2D eigenvalue weighted by molar-refractivity contribution is -0.142. The number of carbonyl (C=O) groups is 3. The number of aliphatic carboxylic acids is 1. The van der Waals surface area contributed by atoms with E-state index in [0.29, 0.717) is 36.3 Å². The van der Waals surface area contributed by atoms with Crippen LogP contribution in [0.4, 0.5) is 5.69 Å². The standard InChI is InChI=1S/C26H33N5O7S/c1-16-4-9-19(14-23(16)32)39(37,38)31-12-2-3-22(31)25(34)30-20(26(35)36)13-17-5-7-18(8-6-17)29-24(33)21-15-27-10-11-28-21/h4-9,14,20-22,27-28,32H,2-3,10-13,15H2,1H3,(H,29,33)(H,30,34)(H,35,36)/t20-,21?,22-/m0/s1. The Bertz CT molecular complexity index is 1330. The van der Waals surface area contributed by atoms with Gasteiger partial charge in [-0.3, -0.25) is 9.59 Å². The van der Waals surface area contributed by atoms with Gasteiger partial charge in [0.15, 0.2) is 0 Å². The number of nitrogens with one attached hydrogen (secondary N) is 4. The first-order chi connectivity index (χ1) is 18.6. The van der Waals surface area contributed by atoms with Crippen molar-refractivity contribution in [2.24, 2.45) is 0 Å². The number of piperazine rings is 1. The molecule has 2 aromatic rings. The van der Waals surface area contributed by atoms with Gasteiger partial charge in [-0.25, -0.2) is 13.2 Å². The molecule has 6 N–H and O–H groups in total. The second-order valence-electron chi connectivity index (χ2n) is 9.72. The normalized spacial score (nSPS) is 20.7. The van der Waals surface area contributed by atoms with Gasteiger partial charge in [0.05, 0.1) is 10.9 Å². The lowest BCUT2D eigenvalue weighted by atomic mass is 10.0. The van der Waals surface area contributed by atoms with Crippen molar-refractivity contribution in [2.45, 2.75) is 49.2 Å². The summed E-state index contributed by atoms with van der Waals surface area (Å²) < 4.78 is 27.5. The number of nitrogens with zero attached hydrogens (tertiary/aromatic N) is 1. The number of sulfonamides is 1. The fraction of sp³-hybridized carbons (Fsp3) is 0.423. The van der Waals surface area contributed by atoms with E-state index in [-0.39, 0.29) is 42.0 Å². The third-order valence-corrected chi connectivity index (χ3v) is 8.83. The van der Waals surface area contributed by atoms with Crippen molar-refractivity contribution in [2.75, 3.05) is 31.5 Å². The highest BCUT2D eigenvalue weighted by molar-refractivity contribution is 7.89. The van der Waals surface area contributed by atoms with Gasteiger partial charge >= 0.3 is 5.97 Å². The van der Waals surface area contributed by atoms with Gasteiger partial charge in [-0.1, -0.05) is 18.2 Å². The van der Waals surface area contributed by atoms with Crippen molar-refractivity contribution in [3.05, 3.63) is 53.6 Å². The van der Waals surface area contributed by atoms with Gasteiger partial charge in [-0.15, -0.1) is 0 Å². The van der Waals surface area contributed by atoms with E-state index < -0.39 is 34.0 Å². The van der Waals surface area contributed by atoms with Crippen LogP contribution in [0.2, 0.25) is 0 Å². The molecule has 2 saturated heterocycles. The summed E-state index contributed by atoms with van der Waals surface area (Å²) in [5.41, 5.74) is 1.69. The van der Waals surface area contributed by atoms with Crippen LogP contribution in [0, 0.1) is 6.92 Å². The van der Waals surface area contributed by atoms with Crippen LogP contribution in [-0.4, -0.2) is 85.0 Å². The number of amides is 2. The average Bonchev–Trinajstić information content (AvgIpc) is 3.42. The molecule has 210 valence electrons. The van der Waals surface area contributed by atoms with E-state index in [1.165, 1.54) is 12.1 Å². The average molecular weight is 560 g/mol. The topological polar surface area (TPSA) is 177 Å². The Morgan fingerprint density at radius 2 is 1.85 bits per heavy atom. The third kappa shape index (κ3) is 6.74. The number of aryl methyl sites for hydroxylation is 1. The van der Waals surface area contributed by atoms with Crippen LogP contribution in [-0.2, 0) is 30.8 Å². The molecule has 0 radical (unpaired) electrons. The van der Waals surface area contributed by atoms with Gasteiger partial charge in [0.1, 0.15) is 17.8 Å². The molecule has 3 atom stereocenters. The molecule has 0 bridgehead atoms. The highest BCUT2D eigenvalue weighted by atomic mass is 32.2. The molecular formula is C26H33N5O7S. The minimum atomic E-state index is -4.09. The molecule has 1 unspecified atom stereocenters. The highest BCUT2D eigenvalue weighted by Crippen LogP contribution is 2.29. The van der Waals surface area contributed by atoms with Gasteiger partial charge in [0.25, 0.3) is 0 Å². The predicted molar refractivity (Wildman–Crippen MR) is 143 cm³/mol. The maximum absolute atomic E-state index is 13.2. The van der Waals surface area contributed by atoms with Gasteiger partial charge in [0.2, 0.25) is 21.8 Å². The lowest BCUT2D eigenvalue weighted by Crippen LogP contribution is -2.54. The van der Waals surface area contributed by atoms with Crippen LogP contribution in [0.1, 0.15) is 24.0 Å². The molecule has 2 aliphatic rings. The maximum atomic E-state index is 13.2. The molecule has 2 amide bonds. The Balaban J connectivity index is 1.40. The molecule has 2 heterocycles. The minimum Gasteiger partial charge on any atom is -0.508 e. The lowest BCUT2D eigenvalue weighted by Gasteiger charge is -2.25. The molecule has 2 aromatic carbocycles. The van der Waals surface area contributed by atoms with Crippen LogP contribution < -0.4 is 21.3 Å². The summed E-state index contributed by atoms with van der Waals surface area (Å²) in [6.45, 7) is 3.76. The van der Waals surface area contributed by atoms with Crippen molar-refractivity contribution in [1.82, 2.24) is 20.3 Å². The predicted octanol–water partition coefficient (Wildman–Crippen LogP) is 0.166. The Morgan fingerprint density at radius 3 is 2.49 bits per heavy atom. The second kappa shape index (κ2) is 12.1. The van der Waals surface area contributed by atoms with Gasteiger partial charge in [0, 0.05) is 44.4 Å². The van der Waals surface area contributed by atoms with Gasteiger partial charge in [-0.2, -0.15) is 4.31 Å². The summed E-state index contributed by atoms with van der Waals surface area (Å²) >= 11 is 0. The zero-order chi connectivity index (χ0) is 28.2. The Labute approximate surface area is 226 Å². The molecule has 13 heteroatoms. The van der Waals surface area contributed by atoms with E-state index in [1.807, 2.05) is 0 Å². The number of anilines is 1. The fourth-order valence-electron chi connectivity index (χ4n) is 4.67. The summed E-state index contributed by atoms with van der Waals surface area (Å²) in [5.74, 6) is -2.30. The molecule has 0 spiro atoms. The minimum absolute atomic E-state index is 0.0330. The van der Waals surface area contributed by atoms with Gasteiger partial charge in [-0.05, 0) is 49.1 Å². The largest absolute Gasteiger partial charge is 0.508 e. The number of rotatable bonds is 9. The first kappa shape index (κ1) is 28.5. The van der Waals surface area contributed by atoms with Crippen LogP contribution in [0.25, 0.3) is 0 Å². The van der Waals surface area contributed by atoms with Crippen molar-refractivity contribution in [3.8, 4) is 5.75 Å². The number of phenolic OH excluding ortho intramolecular Hbond substituents is 1. The number of hydrogen-bond acceptors (Lipinski definition) is 8. The summed E-state index contributed by atoms with van der Waals surface area (Å²) in [4.78, 5) is 37.3. The second-order valence-corrected chi connectivity index (χ2v) is 11.6. The van der Waals surface area contributed by atoms with E-state index in [9.17, 15) is 33.0 Å². The van der Waals surface area contributed by atoms with Crippen molar-refractivity contribution in [3.63, 3.8) is 0 Å². The number of carboxylic acids is 1. The quantitative estimate of drug-likeness (QED) is 0.250. The Morgan fingerprint density at radius 1 is 1.10 bits per heavy atom. The van der Waals surface area contributed by atoms with Crippen LogP contribution in [0.3, 0.4) is 0 Å². The Kier molecular flexibility index (Phi) is 8.85. The highest BCUT2D eigenvalue weighted by Gasteiger charge is 2.40. The molecule has 39 heavy (non-hydrogen) atoms. The number of hydrogen-bond donors (Lipinski definition) is 6. The van der Waals surface area contributed by atoms with Crippen molar-refractivity contribution in [1.29, 1.82) is 0 Å². The summed E-state index contributed by atoms with van der Waals surface area (Å²) in [6.07, 6.45) is 0.649. The summed E-state index contributed by atoms with van der Waals surface area (Å²) in [7, 11) is -4.09. The SMILES string of the molecule is Cc1ccc(S(=O)(=O)N2CCC[C@H]2C(=O)N[C@@H](Cc2ccc(NC(=O)C3CNCCN3)cc2)C(=O)O)cc1O. The molecule has 2 aliphatic heterocycles. The van der Waals surface area contributed by atoms with E-state index in [1.54, 1.807) is 31.2 Å². The zero-order valence-electron chi connectivity index (χ0n) is 21.5. The third-order valence-electron chi connectivity index (χ3n) is 6.93. The van der Waals surface area contributed by atoms with E-state index >= 15 is 0 Å². The van der Waals surface area contributed by atoms with Gasteiger partial charge < -0.3 is 31.5 Å². The monoisotopic (exact) mass is 559 g/mol. The summed E-state index contributed by atoms with van der Waals surface area (Å²) in [6, 6.07) is 7.94. The number of benzene rings is 2. The first-order valence-electron chi connectivity index (χ1n) is 12.7. The smallest absolute Gasteiger partial charge is 0.326 e. The van der Waals surface area contributed by atoms with Crippen molar-refractivity contribution >= 4 is 33.5 Å². The number of carbonyl (C=O) groups excluding carboxylic acids is 2. The summed E-state index contributed by atoms with van der Waals surface area (Å²) in [5, 5.41) is 31.3. The number of aromatic hydroxyl groups is 1. The van der Waals surface area contributed by atoms with Crippen LogP contribution >= 0.6 is 0 Å². The number of phenols is 1. The first-order valence-corrected chi connectivity index (χ1v) is 14.2. The molecule has 4 rings (SSSR count). The number of carboxylic acid groups (broad SMARTS) is 1. The fourth-order valence-corrected chi connectivity index (χ4v) is 6.35. The maximum Gasteiger partial charge on any atom is 0.326 e. The van der Waals surface area contributed by atoms with E-state index in [4.69, 9.17) is 0 Å². The van der Waals surface area contributed by atoms with Crippen LogP contribution in [0.15, 0.2) is 47.4 Å². The Hall–Kier alpha value is -3.52. The zero-order valence-corrected chi connectivity index (χ0v) is 22.3. The molecule has 12 nitrogen and oxygen atoms in total. The molecule has 0 aliphatic carbocycles. The molecular weight excluding hydrogens is 526 g/mol. The van der Waals surface area contributed by atoms with E-state index in [2.05, 4.69) is 21.3 Å². The van der Waals surface area contributed by atoms with Crippen LogP contribution in [0.5, 0.6) is 5.75 Å². The molecule has 0 saturated carbocycles.